The van der Waals surface area contributed by atoms with E-state index in [2.05, 4.69) is 10.3 Å². The summed E-state index contributed by atoms with van der Waals surface area (Å²) >= 11 is 5.98. The zero-order valence-electron chi connectivity index (χ0n) is 11.1. The molecule has 0 saturated heterocycles. The number of nitrogens with zero attached hydrogens (tertiary/aromatic N) is 1. The predicted octanol–water partition coefficient (Wildman–Crippen LogP) is 5.04. The maximum atomic E-state index is 12.9. The first-order chi connectivity index (χ1) is 9.32. The fourth-order valence-corrected chi connectivity index (χ4v) is 2.28. The van der Waals surface area contributed by atoms with Crippen molar-refractivity contribution in [1.29, 1.82) is 0 Å². The number of anilines is 1. The molecule has 0 saturated carbocycles. The molecule has 2 aromatic rings. The van der Waals surface area contributed by atoms with Gasteiger partial charge < -0.3 is 5.32 Å². The maximum Gasteiger partial charge on any atom is 0.433 e. The minimum Gasteiger partial charge on any atom is -0.384 e. The van der Waals surface area contributed by atoms with Crippen LogP contribution in [0.15, 0.2) is 18.2 Å². The van der Waals surface area contributed by atoms with Crippen LogP contribution in [0.5, 0.6) is 0 Å². The zero-order valence-corrected chi connectivity index (χ0v) is 11.9. The summed E-state index contributed by atoms with van der Waals surface area (Å²) in [6.45, 7) is 4.23. The van der Waals surface area contributed by atoms with Gasteiger partial charge in [0, 0.05) is 22.6 Å². The van der Waals surface area contributed by atoms with Gasteiger partial charge in [0.05, 0.1) is 5.52 Å². The van der Waals surface area contributed by atoms with Crippen molar-refractivity contribution in [2.45, 2.75) is 26.4 Å². The lowest BCUT2D eigenvalue weighted by atomic mass is 10.1. The van der Waals surface area contributed by atoms with Crippen LogP contribution in [-0.2, 0) is 6.18 Å². The average molecular weight is 303 g/mol. The molecule has 1 aromatic heterocycles. The predicted molar refractivity (Wildman–Crippen MR) is 75.3 cm³/mol. The number of hydrogen-bond donors (Lipinski definition) is 1. The fraction of sp³-hybridized carbons (Fsp3) is 0.357. The second kappa shape index (κ2) is 5.48. The van der Waals surface area contributed by atoms with Crippen molar-refractivity contribution >= 4 is 28.2 Å². The third kappa shape index (κ3) is 2.98. The minimum absolute atomic E-state index is 0.322. The molecule has 20 heavy (non-hydrogen) atoms. The largest absolute Gasteiger partial charge is 0.433 e. The Morgan fingerprint density at radius 1 is 1.25 bits per heavy atom. The van der Waals surface area contributed by atoms with Crippen LogP contribution in [0.1, 0.15) is 24.6 Å². The van der Waals surface area contributed by atoms with E-state index in [1.807, 2.05) is 6.92 Å². The molecule has 0 radical (unpaired) electrons. The van der Waals surface area contributed by atoms with Gasteiger partial charge >= 0.3 is 6.18 Å². The van der Waals surface area contributed by atoms with Crippen molar-refractivity contribution < 1.29 is 13.2 Å². The zero-order chi connectivity index (χ0) is 14.9. The number of aromatic nitrogens is 1. The van der Waals surface area contributed by atoms with Crippen LogP contribution in [0.2, 0.25) is 5.02 Å². The van der Waals surface area contributed by atoms with E-state index in [4.69, 9.17) is 11.6 Å². The van der Waals surface area contributed by atoms with E-state index in [9.17, 15) is 13.2 Å². The topological polar surface area (TPSA) is 24.9 Å². The van der Waals surface area contributed by atoms with Crippen molar-refractivity contribution in [3.05, 3.63) is 34.5 Å². The number of pyridine rings is 1. The molecular weight excluding hydrogens is 289 g/mol. The van der Waals surface area contributed by atoms with E-state index in [0.29, 0.717) is 33.7 Å². The Hall–Kier alpha value is -1.49. The van der Waals surface area contributed by atoms with Gasteiger partial charge in [-0.05, 0) is 37.1 Å². The summed E-state index contributed by atoms with van der Waals surface area (Å²) in [6.07, 6.45) is -3.66. The molecule has 6 heteroatoms. The third-order valence-corrected chi connectivity index (χ3v) is 3.14. The molecule has 1 N–H and O–H groups in total. The summed E-state index contributed by atoms with van der Waals surface area (Å²) in [4.78, 5) is 3.73. The lowest BCUT2D eigenvalue weighted by molar-refractivity contribution is -0.140. The van der Waals surface area contributed by atoms with Gasteiger partial charge in [-0.2, -0.15) is 13.2 Å². The van der Waals surface area contributed by atoms with Crippen molar-refractivity contribution in [1.82, 2.24) is 4.98 Å². The van der Waals surface area contributed by atoms with Crippen LogP contribution in [-0.4, -0.2) is 11.5 Å². The van der Waals surface area contributed by atoms with Gasteiger partial charge in [0.2, 0.25) is 0 Å². The Morgan fingerprint density at radius 2 is 1.95 bits per heavy atom. The second-order valence-electron chi connectivity index (χ2n) is 4.60. The number of benzene rings is 1. The summed E-state index contributed by atoms with van der Waals surface area (Å²) in [6, 6.07) is 4.28. The molecule has 0 aliphatic carbocycles. The third-order valence-electron chi connectivity index (χ3n) is 2.92. The molecule has 0 aliphatic heterocycles. The monoisotopic (exact) mass is 302 g/mol. The number of alkyl halides is 3. The lowest BCUT2D eigenvalue weighted by Gasteiger charge is -2.14. The minimum atomic E-state index is -4.47. The van der Waals surface area contributed by atoms with E-state index >= 15 is 0 Å². The van der Waals surface area contributed by atoms with Crippen molar-refractivity contribution in [2.75, 3.05) is 11.9 Å². The Balaban J connectivity index is 2.71. The van der Waals surface area contributed by atoms with Crippen LogP contribution < -0.4 is 5.32 Å². The van der Waals surface area contributed by atoms with E-state index in [-0.39, 0.29) is 0 Å². The molecule has 1 aromatic carbocycles. The highest BCUT2D eigenvalue weighted by molar-refractivity contribution is 6.31. The van der Waals surface area contributed by atoms with E-state index < -0.39 is 11.9 Å². The first-order valence-electron chi connectivity index (χ1n) is 6.25. The highest BCUT2D eigenvalue weighted by Gasteiger charge is 2.33. The van der Waals surface area contributed by atoms with Crippen molar-refractivity contribution in [2.24, 2.45) is 0 Å². The number of halogens is 4. The Labute approximate surface area is 120 Å². The smallest absolute Gasteiger partial charge is 0.384 e. The van der Waals surface area contributed by atoms with Gasteiger partial charge in [0.1, 0.15) is 5.69 Å². The van der Waals surface area contributed by atoms with Gasteiger partial charge in [0.15, 0.2) is 0 Å². The summed E-state index contributed by atoms with van der Waals surface area (Å²) in [5.41, 5.74) is 0.463. The molecule has 0 atom stereocenters. The van der Waals surface area contributed by atoms with Gasteiger partial charge in [-0.1, -0.05) is 18.5 Å². The number of fused-ring (bicyclic) bond motifs is 1. The molecule has 2 rings (SSSR count). The molecule has 0 unspecified atom stereocenters. The number of nitrogens with one attached hydrogen (secondary N) is 1. The number of hydrogen-bond acceptors (Lipinski definition) is 2. The number of rotatable bonds is 3. The summed E-state index contributed by atoms with van der Waals surface area (Å²) in [5.74, 6) is 0. The Bertz CT molecular complexity index is 638. The van der Waals surface area contributed by atoms with Crippen molar-refractivity contribution in [3.8, 4) is 0 Å². The van der Waals surface area contributed by atoms with Crippen LogP contribution in [0.3, 0.4) is 0 Å². The SMILES string of the molecule is CCCNc1cc(C(F)(F)F)nc2c(C)cc(Cl)cc12. The van der Waals surface area contributed by atoms with E-state index in [1.54, 1.807) is 19.1 Å². The molecule has 108 valence electrons. The first kappa shape index (κ1) is 14.9. The summed E-state index contributed by atoms with van der Waals surface area (Å²) < 4.78 is 38.7. The lowest BCUT2D eigenvalue weighted by Crippen LogP contribution is -2.10. The van der Waals surface area contributed by atoms with Crippen molar-refractivity contribution in [3.63, 3.8) is 0 Å². The standard InChI is InChI=1S/C14H14ClF3N2/c1-3-4-19-11-7-12(14(16,17)18)20-13-8(2)5-9(15)6-10(11)13/h5-7H,3-4H2,1-2H3,(H,19,20). The molecule has 2 nitrogen and oxygen atoms in total. The van der Waals surface area contributed by atoms with Gasteiger partial charge in [0.25, 0.3) is 0 Å². The van der Waals surface area contributed by atoms with Crippen LogP contribution in [0.25, 0.3) is 10.9 Å². The molecule has 0 fully saturated rings. The van der Waals surface area contributed by atoms with Crippen LogP contribution in [0.4, 0.5) is 18.9 Å². The molecule has 0 aliphatic rings. The highest BCUT2D eigenvalue weighted by Crippen LogP contribution is 2.35. The van der Waals surface area contributed by atoms with Gasteiger partial charge in [-0.15, -0.1) is 0 Å². The Kier molecular flexibility index (Phi) is 4.09. The molecular formula is C14H14ClF3N2. The summed E-state index contributed by atoms with van der Waals surface area (Å²) in [5, 5.41) is 4.10. The molecule has 0 amide bonds. The molecule has 0 spiro atoms. The molecule has 0 bridgehead atoms. The van der Waals surface area contributed by atoms with Crippen LogP contribution >= 0.6 is 11.6 Å². The normalized spacial score (nSPS) is 11.9. The Morgan fingerprint density at radius 3 is 2.55 bits per heavy atom. The average Bonchev–Trinajstić information content (AvgIpc) is 2.34. The maximum absolute atomic E-state index is 12.9. The fourth-order valence-electron chi connectivity index (χ4n) is 2.01. The molecule has 1 heterocycles. The first-order valence-corrected chi connectivity index (χ1v) is 6.62. The van der Waals surface area contributed by atoms with Gasteiger partial charge in [-0.25, -0.2) is 4.98 Å². The van der Waals surface area contributed by atoms with E-state index in [1.165, 1.54) is 0 Å². The van der Waals surface area contributed by atoms with Gasteiger partial charge in [-0.3, -0.25) is 0 Å². The van der Waals surface area contributed by atoms with E-state index in [0.717, 1.165) is 12.5 Å². The van der Waals surface area contributed by atoms with Crippen LogP contribution in [0, 0.1) is 6.92 Å². The second-order valence-corrected chi connectivity index (χ2v) is 5.03. The quantitative estimate of drug-likeness (QED) is 0.859. The summed E-state index contributed by atoms with van der Waals surface area (Å²) in [7, 11) is 0. The highest BCUT2D eigenvalue weighted by atomic mass is 35.5. The number of aryl methyl sites for hydroxylation is 1.